The molecule has 0 N–H and O–H groups in total. The van der Waals surface area contributed by atoms with E-state index in [0.717, 1.165) is 22.4 Å². The van der Waals surface area contributed by atoms with Gasteiger partial charge < -0.3 is 0 Å². The fourth-order valence-electron chi connectivity index (χ4n) is 2.26. The molecule has 1 heterocycles. The Hall–Kier alpha value is -4.17. The van der Waals surface area contributed by atoms with E-state index in [2.05, 4.69) is 47.4 Å². The average molecular weight is 342 g/mol. The molecule has 0 spiro atoms. The summed E-state index contributed by atoms with van der Waals surface area (Å²) < 4.78 is 1.94. The molecule has 0 saturated carbocycles. The molecular formula is C26H16N+. The highest BCUT2D eigenvalue weighted by atomic mass is 14.9. The fraction of sp³-hybridized carbons (Fsp3) is 0.0385. The van der Waals surface area contributed by atoms with Crippen molar-refractivity contribution in [3.63, 3.8) is 0 Å². The number of hydrogen-bond donors (Lipinski definition) is 0. The van der Waals surface area contributed by atoms with Crippen molar-refractivity contribution in [2.75, 3.05) is 0 Å². The van der Waals surface area contributed by atoms with Crippen LogP contribution >= 0.6 is 0 Å². The van der Waals surface area contributed by atoms with Crippen LogP contribution in [-0.2, 0) is 7.05 Å². The van der Waals surface area contributed by atoms with Crippen molar-refractivity contribution in [2.24, 2.45) is 7.05 Å². The van der Waals surface area contributed by atoms with Gasteiger partial charge in [0.25, 0.3) is 5.69 Å². The van der Waals surface area contributed by atoms with Crippen molar-refractivity contribution in [1.29, 1.82) is 0 Å². The Morgan fingerprint density at radius 2 is 1.00 bits per heavy atom. The first-order chi connectivity index (χ1) is 13.3. The molecule has 0 atom stereocenters. The van der Waals surface area contributed by atoms with Gasteiger partial charge in [-0.05, 0) is 59.9 Å². The Morgan fingerprint density at radius 3 is 1.52 bits per heavy atom. The molecule has 0 aliphatic heterocycles. The lowest BCUT2D eigenvalue weighted by atomic mass is 10.2. The summed E-state index contributed by atoms with van der Waals surface area (Å²) in [4.78, 5) is 0. The quantitative estimate of drug-likeness (QED) is 0.436. The van der Waals surface area contributed by atoms with Gasteiger partial charge in [-0.3, -0.25) is 0 Å². The summed E-state index contributed by atoms with van der Waals surface area (Å²) in [6.07, 6.45) is 1.94. The third kappa shape index (κ3) is 5.69. The van der Waals surface area contributed by atoms with E-state index in [1.807, 2.05) is 90.6 Å². The Balaban J connectivity index is 1.69. The summed E-state index contributed by atoms with van der Waals surface area (Å²) in [5.74, 6) is 23.7. The van der Waals surface area contributed by atoms with Crippen LogP contribution in [0.4, 0.5) is 0 Å². The van der Waals surface area contributed by atoms with E-state index in [9.17, 15) is 0 Å². The average Bonchev–Trinajstić information content (AvgIpc) is 2.71. The summed E-state index contributed by atoms with van der Waals surface area (Å²) in [6.45, 7) is 0. The fourth-order valence-corrected chi connectivity index (χ4v) is 2.26. The van der Waals surface area contributed by atoms with Crippen LogP contribution in [0.25, 0.3) is 0 Å². The highest BCUT2D eigenvalue weighted by Crippen LogP contribution is 1.97. The van der Waals surface area contributed by atoms with E-state index >= 15 is 0 Å². The molecule has 1 nitrogen and oxygen atoms in total. The molecule has 0 radical (unpaired) electrons. The van der Waals surface area contributed by atoms with E-state index in [1.54, 1.807) is 0 Å². The van der Waals surface area contributed by atoms with Crippen LogP contribution in [0, 0.1) is 47.4 Å². The maximum absolute atomic E-state index is 3.06. The van der Waals surface area contributed by atoms with Crippen LogP contribution in [0.1, 0.15) is 22.4 Å². The molecule has 2 aromatic carbocycles. The van der Waals surface area contributed by atoms with Gasteiger partial charge in [-0.25, -0.2) is 0 Å². The predicted molar refractivity (Wildman–Crippen MR) is 108 cm³/mol. The number of rotatable bonds is 0. The first-order valence-electron chi connectivity index (χ1n) is 8.45. The van der Waals surface area contributed by atoms with Crippen molar-refractivity contribution >= 4 is 0 Å². The normalized spacial score (nSPS) is 8.48. The van der Waals surface area contributed by atoms with Crippen LogP contribution in [-0.4, -0.2) is 0 Å². The molecule has 0 amide bonds. The molecule has 0 aliphatic rings. The first kappa shape index (κ1) is 17.6. The first-order valence-corrected chi connectivity index (χ1v) is 8.45. The van der Waals surface area contributed by atoms with Crippen molar-refractivity contribution in [3.8, 4) is 47.4 Å². The van der Waals surface area contributed by atoms with E-state index in [1.165, 1.54) is 0 Å². The SMILES string of the molecule is C[n+]1cc(C#CC#Cc2ccccc2)ccc1C#CC#Cc1ccccc1. The van der Waals surface area contributed by atoms with Gasteiger partial charge in [-0.2, -0.15) is 4.57 Å². The smallest absolute Gasteiger partial charge is 0.193 e. The lowest BCUT2D eigenvalue weighted by Gasteiger charge is -1.91. The van der Waals surface area contributed by atoms with Gasteiger partial charge >= 0.3 is 0 Å². The second-order valence-electron chi connectivity index (χ2n) is 5.65. The topological polar surface area (TPSA) is 3.88 Å². The number of nitrogens with zero attached hydrogens (tertiary/aromatic N) is 1. The number of pyridine rings is 1. The van der Waals surface area contributed by atoms with Crippen LogP contribution in [0.5, 0.6) is 0 Å². The minimum absolute atomic E-state index is 0.873. The standard InChI is InChI=1S/C26H16N/c1-27-22-25(18-9-8-16-23-12-4-2-5-13-23)20-21-26(27)19-11-10-17-24-14-6-3-7-15-24/h2-7,12-15,20-22H,1H3/q+1. The summed E-state index contributed by atoms with van der Waals surface area (Å²) in [5.41, 5.74) is 3.68. The van der Waals surface area contributed by atoms with Crippen molar-refractivity contribution in [3.05, 3.63) is 101 Å². The van der Waals surface area contributed by atoms with Gasteiger partial charge in [-0.1, -0.05) is 48.2 Å². The number of hydrogen-bond acceptors (Lipinski definition) is 0. The third-order valence-corrected chi connectivity index (χ3v) is 3.62. The van der Waals surface area contributed by atoms with E-state index in [0.29, 0.717) is 0 Å². The minimum atomic E-state index is 0.873. The molecular weight excluding hydrogens is 326 g/mol. The van der Waals surface area contributed by atoms with Gasteiger partial charge in [0, 0.05) is 23.1 Å². The van der Waals surface area contributed by atoms with Gasteiger partial charge in [0.15, 0.2) is 6.20 Å². The maximum atomic E-state index is 3.06. The largest absolute Gasteiger partial charge is 0.257 e. The second-order valence-corrected chi connectivity index (χ2v) is 5.65. The third-order valence-electron chi connectivity index (χ3n) is 3.62. The van der Waals surface area contributed by atoms with Crippen molar-refractivity contribution in [1.82, 2.24) is 0 Å². The molecule has 0 saturated heterocycles. The molecule has 1 heteroatoms. The van der Waals surface area contributed by atoms with Crippen LogP contribution in [0.15, 0.2) is 79.0 Å². The number of aryl methyl sites for hydroxylation is 1. The molecule has 0 aliphatic carbocycles. The molecule has 3 aromatic rings. The highest BCUT2D eigenvalue weighted by molar-refractivity contribution is 5.45. The van der Waals surface area contributed by atoms with Crippen LogP contribution in [0.3, 0.4) is 0 Å². The lowest BCUT2D eigenvalue weighted by molar-refractivity contribution is -0.674. The molecule has 3 rings (SSSR count). The van der Waals surface area contributed by atoms with Crippen molar-refractivity contribution < 1.29 is 4.57 Å². The Morgan fingerprint density at radius 1 is 0.519 bits per heavy atom. The maximum Gasteiger partial charge on any atom is 0.257 e. The Kier molecular flexibility index (Phi) is 6.11. The van der Waals surface area contributed by atoms with E-state index < -0.39 is 0 Å². The summed E-state index contributed by atoms with van der Waals surface area (Å²) in [5, 5.41) is 0. The van der Waals surface area contributed by atoms with E-state index in [-0.39, 0.29) is 0 Å². The minimum Gasteiger partial charge on any atom is -0.193 e. The molecule has 124 valence electrons. The monoisotopic (exact) mass is 342 g/mol. The summed E-state index contributed by atoms with van der Waals surface area (Å²) in [7, 11) is 1.94. The molecule has 0 unspecified atom stereocenters. The van der Waals surface area contributed by atoms with Crippen LogP contribution < -0.4 is 4.57 Å². The second kappa shape index (κ2) is 9.35. The van der Waals surface area contributed by atoms with Gasteiger partial charge in [0.1, 0.15) is 7.05 Å². The van der Waals surface area contributed by atoms with Gasteiger partial charge in [0.2, 0.25) is 0 Å². The molecule has 0 bridgehead atoms. The van der Waals surface area contributed by atoms with Crippen molar-refractivity contribution in [2.45, 2.75) is 0 Å². The molecule has 0 fully saturated rings. The molecule has 27 heavy (non-hydrogen) atoms. The zero-order valence-electron chi connectivity index (χ0n) is 15.0. The molecule has 1 aromatic heterocycles. The Labute approximate surface area is 160 Å². The Bertz CT molecular complexity index is 1170. The van der Waals surface area contributed by atoms with Gasteiger partial charge in [-0.15, -0.1) is 0 Å². The zero-order chi connectivity index (χ0) is 18.7. The summed E-state index contributed by atoms with van der Waals surface area (Å²) in [6, 6.07) is 23.5. The number of benzene rings is 2. The number of aromatic nitrogens is 1. The van der Waals surface area contributed by atoms with E-state index in [4.69, 9.17) is 0 Å². The highest BCUT2D eigenvalue weighted by Gasteiger charge is 2.02. The zero-order valence-corrected chi connectivity index (χ0v) is 15.0. The summed E-state index contributed by atoms with van der Waals surface area (Å²) >= 11 is 0. The van der Waals surface area contributed by atoms with Gasteiger partial charge in [0.05, 0.1) is 5.56 Å². The van der Waals surface area contributed by atoms with Crippen LogP contribution in [0.2, 0.25) is 0 Å². The lowest BCUT2D eigenvalue weighted by Crippen LogP contribution is -2.32. The predicted octanol–water partition coefficient (Wildman–Crippen LogP) is 3.32.